The zero-order chi connectivity index (χ0) is 19.0. The third-order valence-electron chi connectivity index (χ3n) is 5.18. The van der Waals surface area contributed by atoms with Gasteiger partial charge in [0, 0.05) is 51.4 Å². The highest BCUT2D eigenvalue weighted by atomic mass is 15.3. The molecule has 0 spiro atoms. The first-order valence-electron chi connectivity index (χ1n) is 9.98. The molecule has 28 heavy (non-hydrogen) atoms. The minimum absolute atomic E-state index is 0.836. The molecule has 0 amide bonds. The van der Waals surface area contributed by atoms with Crippen molar-refractivity contribution in [2.45, 2.75) is 6.54 Å². The third-order valence-corrected chi connectivity index (χ3v) is 5.18. The van der Waals surface area contributed by atoms with Crippen LogP contribution in [0.2, 0.25) is 0 Å². The van der Waals surface area contributed by atoms with Crippen LogP contribution in [-0.4, -0.2) is 59.3 Å². The second kappa shape index (κ2) is 9.44. The molecule has 3 aromatic rings. The van der Waals surface area contributed by atoms with E-state index in [2.05, 4.69) is 67.8 Å². The minimum atomic E-state index is 0.836. The Labute approximate surface area is 167 Å². The number of aromatic nitrogens is 2. The van der Waals surface area contributed by atoms with E-state index in [0.29, 0.717) is 0 Å². The monoisotopic (exact) mass is 373 g/mol. The molecule has 5 nitrogen and oxygen atoms in total. The molecule has 5 heteroatoms. The lowest BCUT2D eigenvalue weighted by Crippen LogP contribution is -2.47. The molecule has 0 bridgehead atoms. The Bertz CT molecular complexity index is 828. The maximum absolute atomic E-state index is 4.33. The van der Waals surface area contributed by atoms with Crippen molar-refractivity contribution in [3.63, 3.8) is 0 Å². The molecule has 1 N–H and O–H groups in total. The summed E-state index contributed by atoms with van der Waals surface area (Å²) in [5.74, 6) is 0.836. The molecule has 0 aliphatic carbocycles. The molecule has 1 aromatic heterocycles. The predicted octanol–water partition coefficient (Wildman–Crippen LogP) is 3.37. The SMILES string of the molecule is c1ccc(CN2CCN(CCNc3ccc(-c4ccccc4)nn3)CC2)cc1. The van der Waals surface area contributed by atoms with Crippen LogP contribution in [0.1, 0.15) is 5.56 Å². The average molecular weight is 374 g/mol. The summed E-state index contributed by atoms with van der Waals surface area (Å²) in [5.41, 5.74) is 3.39. The first-order valence-corrected chi connectivity index (χ1v) is 9.98. The van der Waals surface area contributed by atoms with E-state index in [4.69, 9.17) is 0 Å². The fraction of sp³-hybridized carbons (Fsp3) is 0.304. The van der Waals surface area contributed by atoms with E-state index in [1.54, 1.807) is 0 Å². The lowest BCUT2D eigenvalue weighted by Gasteiger charge is -2.34. The van der Waals surface area contributed by atoms with E-state index in [9.17, 15) is 0 Å². The summed E-state index contributed by atoms with van der Waals surface area (Å²) in [6.07, 6.45) is 0. The van der Waals surface area contributed by atoms with Crippen LogP contribution in [0.25, 0.3) is 11.3 Å². The van der Waals surface area contributed by atoms with Gasteiger partial charge >= 0.3 is 0 Å². The van der Waals surface area contributed by atoms with Gasteiger partial charge in [0.15, 0.2) is 0 Å². The van der Waals surface area contributed by atoms with Crippen molar-refractivity contribution < 1.29 is 0 Å². The van der Waals surface area contributed by atoms with Gasteiger partial charge in [-0.05, 0) is 17.7 Å². The Morgan fingerprint density at radius 2 is 1.39 bits per heavy atom. The van der Waals surface area contributed by atoms with Gasteiger partial charge in [-0.3, -0.25) is 9.80 Å². The quantitative estimate of drug-likeness (QED) is 0.688. The number of benzene rings is 2. The number of anilines is 1. The van der Waals surface area contributed by atoms with Crippen LogP contribution >= 0.6 is 0 Å². The van der Waals surface area contributed by atoms with Gasteiger partial charge < -0.3 is 5.32 Å². The van der Waals surface area contributed by atoms with Crippen molar-refractivity contribution in [3.05, 3.63) is 78.4 Å². The van der Waals surface area contributed by atoms with E-state index in [-0.39, 0.29) is 0 Å². The molecule has 1 saturated heterocycles. The van der Waals surface area contributed by atoms with Crippen molar-refractivity contribution in [3.8, 4) is 11.3 Å². The summed E-state index contributed by atoms with van der Waals surface area (Å²) in [7, 11) is 0. The third kappa shape index (κ3) is 5.15. The molecule has 4 rings (SSSR count). The molecule has 0 unspecified atom stereocenters. The van der Waals surface area contributed by atoms with E-state index in [1.807, 2.05) is 30.3 Å². The van der Waals surface area contributed by atoms with Crippen LogP contribution in [0, 0.1) is 0 Å². The van der Waals surface area contributed by atoms with Crippen LogP contribution in [0.3, 0.4) is 0 Å². The fourth-order valence-corrected chi connectivity index (χ4v) is 3.54. The van der Waals surface area contributed by atoms with Gasteiger partial charge in [-0.15, -0.1) is 10.2 Å². The number of rotatable bonds is 7. The standard InChI is InChI=1S/C23H27N5/c1-3-7-20(8-4-1)19-28-17-15-27(16-18-28)14-13-24-23-12-11-22(25-26-23)21-9-5-2-6-10-21/h1-12H,13-19H2,(H,24,26). The summed E-state index contributed by atoms with van der Waals surface area (Å²) >= 11 is 0. The first kappa shape index (κ1) is 18.6. The summed E-state index contributed by atoms with van der Waals surface area (Å²) in [6.45, 7) is 7.46. The minimum Gasteiger partial charge on any atom is -0.367 e. The molecular formula is C23H27N5. The second-order valence-electron chi connectivity index (χ2n) is 7.20. The smallest absolute Gasteiger partial charge is 0.148 e. The zero-order valence-corrected chi connectivity index (χ0v) is 16.2. The molecule has 2 aromatic carbocycles. The van der Waals surface area contributed by atoms with E-state index >= 15 is 0 Å². The van der Waals surface area contributed by atoms with Gasteiger partial charge in [-0.1, -0.05) is 60.7 Å². The van der Waals surface area contributed by atoms with Gasteiger partial charge in [-0.2, -0.15) is 0 Å². The number of hydrogen-bond acceptors (Lipinski definition) is 5. The van der Waals surface area contributed by atoms with Crippen LogP contribution in [0.15, 0.2) is 72.8 Å². The molecule has 144 valence electrons. The highest BCUT2D eigenvalue weighted by Crippen LogP contribution is 2.16. The van der Waals surface area contributed by atoms with E-state index in [1.165, 1.54) is 5.56 Å². The van der Waals surface area contributed by atoms with Gasteiger partial charge in [0.1, 0.15) is 5.82 Å². The summed E-state index contributed by atoms with van der Waals surface area (Å²) in [5, 5.41) is 12.0. The van der Waals surface area contributed by atoms with E-state index < -0.39 is 0 Å². The lowest BCUT2D eigenvalue weighted by molar-refractivity contribution is 0.130. The topological polar surface area (TPSA) is 44.3 Å². The summed E-state index contributed by atoms with van der Waals surface area (Å²) < 4.78 is 0. The molecule has 1 aliphatic rings. The fourth-order valence-electron chi connectivity index (χ4n) is 3.54. The molecule has 0 atom stereocenters. The number of nitrogens with zero attached hydrogens (tertiary/aromatic N) is 4. The van der Waals surface area contributed by atoms with Gasteiger partial charge in [-0.25, -0.2) is 0 Å². The molecule has 0 saturated carbocycles. The maximum atomic E-state index is 4.33. The summed E-state index contributed by atoms with van der Waals surface area (Å²) in [4.78, 5) is 5.05. The average Bonchev–Trinajstić information content (AvgIpc) is 2.77. The highest BCUT2D eigenvalue weighted by molar-refractivity contribution is 5.59. The second-order valence-corrected chi connectivity index (χ2v) is 7.20. The highest BCUT2D eigenvalue weighted by Gasteiger charge is 2.16. The van der Waals surface area contributed by atoms with Crippen LogP contribution in [0.4, 0.5) is 5.82 Å². The van der Waals surface area contributed by atoms with Gasteiger partial charge in [0.25, 0.3) is 0 Å². The lowest BCUT2D eigenvalue weighted by atomic mass is 10.1. The Morgan fingerprint density at radius 1 is 0.714 bits per heavy atom. The molecule has 2 heterocycles. The molecular weight excluding hydrogens is 346 g/mol. The van der Waals surface area contributed by atoms with Crippen molar-refractivity contribution >= 4 is 5.82 Å². The molecule has 1 fully saturated rings. The van der Waals surface area contributed by atoms with Crippen molar-refractivity contribution in [2.75, 3.05) is 44.6 Å². The zero-order valence-electron chi connectivity index (χ0n) is 16.2. The first-order chi connectivity index (χ1) is 13.9. The largest absolute Gasteiger partial charge is 0.367 e. The van der Waals surface area contributed by atoms with Crippen LogP contribution < -0.4 is 5.32 Å². The van der Waals surface area contributed by atoms with Crippen LogP contribution in [-0.2, 0) is 6.54 Å². The molecule has 0 radical (unpaired) electrons. The van der Waals surface area contributed by atoms with Gasteiger partial charge in [0.2, 0.25) is 0 Å². The van der Waals surface area contributed by atoms with Crippen LogP contribution in [0.5, 0.6) is 0 Å². The summed E-state index contributed by atoms with van der Waals surface area (Å²) in [6, 6.07) is 24.9. The van der Waals surface area contributed by atoms with Crippen molar-refractivity contribution in [1.29, 1.82) is 0 Å². The Morgan fingerprint density at radius 3 is 2.07 bits per heavy atom. The Balaban J connectivity index is 1.18. The predicted molar refractivity (Wildman–Crippen MR) is 114 cm³/mol. The number of piperazine rings is 1. The van der Waals surface area contributed by atoms with Crippen molar-refractivity contribution in [2.24, 2.45) is 0 Å². The van der Waals surface area contributed by atoms with Crippen molar-refractivity contribution in [1.82, 2.24) is 20.0 Å². The number of nitrogens with one attached hydrogen (secondary N) is 1. The number of hydrogen-bond donors (Lipinski definition) is 1. The Kier molecular flexibility index (Phi) is 6.27. The maximum Gasteiger partial charge on any atom is 0.148 e. The van der Waals surface area contributed by atoms with Gasteiger partial charge in [0.05, 0.1) is 5.69 Å². The Hall–Kier alpha value is -2.76. The van der Waals surface area contributed by atoms with E-state index in [0.717, 1.165) is 62.9 Å². The molecule has 1 aliphatic heterocycles. The normalized spacial score (nSPS) is 15.4.